The van der Waals surface area contributed by atoms with Gasteiger partial charge in [0.15, 0.2) is 0 Å². The predicted octanol–water partition coefficient (Wildman–Crippen LogP) is 1.64. The third kappa shape index (κ3) is 4.44. The molecule has 0 bridgehead atoms. The van der Waals surface area contributed by atoms with E-state index in [-0.39, 0.29) is 36.8 Å². The van der Waals surface area contributed by atoms with Gasteiger partial charge in [0, 0.05) is 19.0 Å². The quantitative estimate of drug-likeness (QED) is 0.685. The van der Waals surface area contributed by atoms with Gasteiger partial charge in [0.25, 0.3) is 5.88 Å². The number of amides is 3. The van der Waals surface area contributed by atoms with Crippen LogP contribution in [0.4, 0.5) is 13.6 Å². The minimum Gasteiger partial charge on any atom is -0.389 e. The van der Waals surface area contributed by atoms with Crippen LogP contribution in [-0.2, 0) is 16.1 Å². The standard InChI is InChI=1S/C20H23F2N5O4/c1-20(21,22)6-7-24-17(29)15-9-11-8-14(11)27(15)16(28)10-26-13-5-3-2-4-12(13)18(25-26)31-19(23)30/h2-5,11,14-15H,6-10H2,1H3,(H2,23,30)(H,24,29)/t11-,14-,15+/m1/s1. The van der Waals surface area contributed by atoms with E-state index in [1.54, 1.807) is 24.3 Å². The molecule has 1 aliphatic carbocycles. The molecule has 1 saturated heterocycles. The molecule has 0 radical (unpaired) electrons. The summed E-state index contributed by atoms with van der Waals surface area (Å²) in [7, 11) is 0. The van der Waals surface area contributed by atoms with Gasteiger partial charge >= 0.3 is 6.09 Å². The van der Waals surface area contributed by atoms with Gasteiger partial charge < -0.3 is 20.7 Å². The maximum absolute atomic E-state index is 13.1. The molecule has 2 aromatic rings. The number of primary amides is 1. The summed E-state index contributed by atoms with van der Waals surface area (Å²) in [5.74, 6) is -3.36. The third-order valence-corrected chi connectivity index (χ3v) is 5.66. The second kappa shape index (κ2) is 7.78. The van der Waals surface area contributed by atoms with Crippen LogP contribution < -0.4 is 15.8 Å². The number of hydrogen-bond acceptors (Lipinski definition) is 5. The number of alkyl halides is 2. The van der Waals surface area contributed by atoms with Crippen molar-refractivity contribution in [1.82, 2.24) is 20.0 Å². The van der Waals surface area contributed by atoms with Crippen molar-refractivity contribution in [2.45, 2.75) is 50.7 Å². The molecule has 2 fully saturated rings. The van der Waals surface area contributed by atoms with Crippen molar-refractivity contribution < 1.29 is 27.9 Å². The first kappa shape index (κ1) is 21.0. The molecule has 1 aromatic carbocycles. The van der Waals surface area contributed by atoms with Gasteiger partial charge in [-0.3, -0.25) is 14.3 Å². The second-order valence-corrected chi connectivity index (χ2v) is 8.13. The minimum absolute atomic E-state index is 0.00333. The number of rotatable bonds is 7. The van der Waals surface area contributed by atoms with Crippen LogP contribution in [0.3, 0.4) is 0 Å². The number of fused-ring (bicyclic) bond motifs is 2. The Morgan fingerprint density at radius 1 is 1.29 bits per heavy atom. The number of nitrogens with two attached hydrogens (primary N) is 1. The van der Waals surface area contributed by atoms with Gasteiger partial charge in [-0.15, -0.1) is 5.10 Å². The van der Waals surface area contributed by atoms with Crippen molar-refractivity contribution in [3.8, 4) is 5.88 Å². The van der Waals surface area contributed by atoms with Crippen LogP contribution in [0.1, 0.15) is 26.2 Å². The topological polar surface area (TPSA) is 120 Å². The number of ether oxygens (including phenoxy) is 1. The molecule has 3 atom stereocenters. The monoisotopic (exact) mass is 435 g/mol. The summed E-state index contributed by atoms with van der Waals surface area (Å²) in [6, 6.07) is 6.19. The number of hydrogen-bond donors (Lipinski definition) is 2. The molecule has 1 saturated carbocycles. The summed E-state index contributed by atoms with van der Waals surface area (Å²) < 4.78 is 32.4. The number of benzene rings is 1. The molecule has 1 aliphatic heterocycles. The van der Waals surface area contributed by atoms with Gasteiger partial charge in [0.05, 0.1) is 10.9 Å². The first-order chi connectivity index (χ1) is 14.6. The van der Waals surface area contributed by atoms with Crippen LogP contribution in [-0.4, -0.2) is 57.1 Å². The number of nitrogens with zero attached hydrogens (tertiary/aromatic N) is 3. The van der Waals surface area contributed by atoms with E-state index in [9.17, 15) is 23.2 Å². The van der Waals surface area contributed by atoms with Gasteiger partial charge in [-0.25, -0.2) is 13.6 Å². The van der Waals surface area contributed by atoms with Gasteiger partial charge in [0.1, 0.15) is 12.6 Å². The van der Waals surface area contributed by atoms with Gasteiger partial charge in [-0.2, -0.15) is 0 Å². The van der Waals surface area contributed by atoms with E-state index in [1.807, 2.05) is 0 Å². The molecule has 0 unspecified atom stereocenters. The van der Waals surface area contributed by atoms with Crippen molar-refractivity contribution in [1.29, 1.82) is 0 Å². The Morgan fingerprint density at radius 2 is 2.03 bits per heavy atom. The van der Waals surface area contributed by atoms with Crippen molar-refractivity contribution in [3.63, 3.8) is 0 Å². The van der Waals surface area contributed by atoms with Crippen LogP contribution in [0.15, 0.2) is 24.3 Å². The predicted molar refractivity (Wildman–Crippen MR) is 105 cm³/mol. The Labute approximate surface area is 176 Å². The largest absolute Gasteiger partial charge is 0.411 e. The van der Waals surface area contributed by atoms with E-state index in [0.717, 1.165) is 13.3 Å². The first-order valence-electron chi connectivity index (χ1n) is 10.0. The van der Waals surface area contributed by atoms with E-state index in [4.69, 9.17) is 10.5 Å². The van der Waals surface area contributed by atoms with E-state index in [2.05, 4.69) is 10.4 Å². The summed E-state index contributed by atoms with van der Waals surface area (Å²) in [6.07, 6.45) is -0.149. The number of likely N-dealkylation sites (tertiary alicyclic amines) is 1. The third-order valence-electron chi connectivity index (χ3n) is 5.66. The minimum atomic E-state index is -2.87. The molecule has 2 aliphatic rings. The number of aromatic nitrogens is 2. The molecule has 4 rings (SSSR count). The number of halogens is 2. The molecule has 11 heteroatoms. The van der Waals surface area contributed by atoms with Crippen LogP contribution in [0, 0.1) is 5.92 Å². The number of nitrogens with one attached hydrogen (secondary N) is 1. The summed E-state index contributed by atoms with van der Waals surface area (Å²) in [5.41, 5.74) is 5.66. The Hall–Kier alpha value is -3.24. The number of carbonyl (C=O) groups is 3. The summed E-state index contributed by atoms with van der Waals surface area (Å²) in [5, 5.41) is 7.23. The Morgan fingerprint density at radius 3 is 2.74 bits per heavy atom. The highest BCUT2D eigenvalue weighted by Crippen LogP contribution is 2.48. The second-order valence-electron chi connectivity index (χ2n) is 8.13. The number of piperidine rings is 1. The molecule has 166 valence electrons. The fraction of sp³-hybridized carbons (Fsp3) is 0.500. The Kier molecular flexibility index (Phi) is 5.28. The lowest BCUT2D eigenvalue weighted by Gasteiger charge is -2.27. The maximum atomic E-state index is 13.1. The lowest BCUT2D eigenvalue weighted by Crippen LogP contribution is -2.49. The van der Waals surface area contributed by atoms with E-state index in [1.165, 1.54) is 9.58 Å². The molecule has 9 nitrogen and oxygen atoms in total. The van der Waals surface area contributed by atoms with Gasteiger partial charge in [0.2, 0.25) is 17.7 Å². The summed E-state index contributed by atoms with van der Waals surface area (Å²) >= 11 is 0. The SMILES string of the molecule is CC(F)(F)CCNC(=O)[C@@H]1C[C@H]2C[C@H]2N1C(=O)Cn1nc(OC(N)=O)c2ccccc21. The number of para-hydroxylation sites is 1. The lowest BCUT2D eigenvalue weighted by atomic mass is 10.1. The fourth-order valence-electron chi connectivity index (χ4n) is 4.17. The zero-order chi connectivity index (χ0) is 22.3. The van der Waals surface area contributed by atoms with E-state index >= 15 is 0 Å². The lowest BCUT2D eigenvalue weighted by molar-refractivity contribution is -0.140. The van der Waals surface area contributed by atoms with Crippen molar-refractivity contribution in [2.75, 3.05) is 6.54 Å². The van der Waals surface area contributed by atoms with Crippen LogP contribution in [0.2, 0.25) is 0 Å². The summed E-state index contributed by atoms with van der Waals surface area (Å²) in [6.45, 7) is 0.473. The first-order valence-corrected chi connectivity index (χ1v) is 10.0. The maximum Gasteiger partial charge on any atom is 0.411 e. The summed E-state index contributed by atoms with van der Waals surface area (Å²) in [4.78, 5) is 38.4. The highest BCUT2D eigenvalue weighted by molar-refractivity contribution is 5.91. The Bertz CT molecular complexity index is 1030. The van der Waals surface area contributed by atoms with Crippen LogP contribution in [0.25, 0.3) is 10.9 Å². The molecule has 31 heavy (non-hydrogen) atoms. The average Bonchev–Trinajstić information content (AvgIpc) is 3.21. The van der Waals surface area contributed by atoms with E-state index < -0.39 is 30.4 Å². The fourth-order valence-corrected chi connectivity index (χ4v) is 4.17. The van der Waals surface area contributed by atoms with Crippen LogP contribution >= 0.6 is 0 Å². The molecule has 0 spiro atoms. The highest BCUT2D eigenvalue weighted by Gasteiger charge is 2.56. The zero-order valence-electron chi connectivity index (χ0n) is 16.9. The van der Waals surface area contributed by atoms with Gasteiger partial charge in [-0.05, 0) is 37.8 Å². The number of carbonyl (C=O) groups excluding carboxylic acids is 3. The smallest absolute Gasteiger partial charge is 0.389 e. The molecule has 1 aromatic heterocycles. The van der Waals surface area contributed by atoms with Crippen molar-refractivity contribution in [3.05, 3.63) is 24.3 Å². The molecular weight excluding hydrogens is 412 g/mol. The average molecular weight is 435 g/mol. The van der Waals surface area contributed by atoms with Gasteiger partial charge in [-0.1, -0.05) is 12.1 Å². The molecule has 3 amide bonds. The van der Waals surface area contributed by atoms with Crippen molar-refractivity contribution in [2.24, 2.45) is 11.7 Å². The highest BCUT2D eigenvalue weighted by atomic mass is 19.3. The molecule has 2 heterocycles. The molecular formula is C20H23F2N5O4. The molecule has 3 N–H and O–H groups in total. The zero-order valence-corrected chi connectivity index (χ0v) is 16.9. The normalized spacial score (nSPS) is 22.3. The Balaban J connectivity index is 1.49. The van der Waals surface area contributed by atoms with Crippen LogP contribution in [0.5, 0.6) is 5.88 Å². The van der Waals surface area contributed by atoms with E-state index in [0.29, 0.717) is 17.3 Å². The van der Waals surface area contributed by atoms with Crippen molar-refractivity contribution >= 4 is 28.8 Å².